The highest BCUT2D eigenvalue weighted by Gasteiger charge is 2.52. The van der Waals surface area contributed by atoms with Crippen LogP contribution in [0.15, 0.2) is 0 Å². The highest BCUT2D eigenvalue weighted by atomic mass is 16.2. The molecule has 22 heavy (non-hydrogen) atoms. The van der Waals surface area contributed by atoms with E-state index in [1.54, 1.807) is 0 Å². The SMILES string of the molecule is CC1(C)NCCN(C(=O)N2CCNC(C)(C)C2(C)C)C1(C)C. The first kappa shape index (κ1) is 17.5. The van der Waals surface area contributed by atoms with Gasteiger partial charge < -0.3 is 20.4 Å². The molecule has 5 nitrogen and oxygen atoms in total. The third-order valence-electron chi connectivity index (χ3n) is 6.68. The molecule has 0 aromatic heterocycles. The molecule has 0 aliphatic carbocycles. The summed E-state index contributed by atoms with van der Waals surface area (Å²) in [5.41, 5.74) is -0.663. The lowest BCUT2D eigenvalue weighted by molar-refractivity contribution is -0.0196. The number of urea groups is 1. The fraction of sp³-hybridized carbons (Fsp3) is 0.941. The molecular formula is C17H34N4O. The summed E-state index contributed by atoms with van der Waals surface area (Å²) in [6.45, 7) is 20.6. The highest BCUT2D eigenvalue weighted by Crippen LogP contribution is 2.36. The van der Waals surface area contributed by atoms with Gasteiger partial charge in [0.25, 0.3) is 0 Å². The van der Waals surface area contributed by atoms with Crippen molar-refractivity contribution in [3.05, 3.63) is 0 Å². The average molecular weight is 310 g/mol. The van der Waals surface area contributed by atoms with Crippen molar-refractivity contribution in [3.8, 4) is 0 Å². The van der Waals surface area contributed by atoms with Crippen LogP contribution in [0.2, 0.25) is 0 Å². The lowest BCUT2D eigenvalue weighted by Gasteiger charge is -2.59. The average Bonchev–Trinajstić information content (AvgIpc) is 2.35. The molecule has 0 aromatic rings. The number of rotatable bonds is 0. The second kappa shape index (κ2) is 5.10. The summed E-state index contributed by atoms with van der Waals surface area (Å²) in [6.07, 6.45) is 0. The number of hydrogen-bond donors (Lipinski definition) is 2. The van der Waals surface area contributed by atoms with Gasteiger partial charge in [0.1, 0.15) is 0 Å². The van der Waals surface area contributed by atoms with Crippen molar-refractivity contribution in [2.24, 2.45) is 0 Å². The van der Waals surface area contributed by atoms with E-state index in [4.69, 9.17) is 0 Å². The van der Waals surface area contributed by atoms with E-state index in [0.29, 0.717) is 0 Å². The summed E-state index contributed by atoms with van der Waals surface area (Å²) in [5.74, 6) is 0. The van der Waals surface area contributed by atoms with Crippen molar-refractivity contribution >= 4 is 6.03 Å². The van der Waals surface area contributed by atoms with Crippen molar-refractivity contribution in [3.63, 3.8) is 0 Å². The predicted molar refractivity (Wildman–Crippen MR) is 91.1 cm³/mol. The normalized spacial score (nSPS) is 29.3. The molecule has 5 heteroatoms. The van der Waals surface area contributed by atoms with Gasteiger partial charge in [0.2, 0.25) is 0 Å². The van der Waals surface area contributed by atoms with E-state index in [1.807, 2.05) is 0 Å². The van der Waals surface area contributed by atoms with Crippen LogP contribution in [0.25, 0.3) is 0 Å². The van der Waals surface area contributed by atoms with Gasteiger partial charge in [-0.05, 0) is 55.4 Å². The van der Waals surface area contributed by atoms with E-state index in [-0.39, 0.29) is 28.2 Å². The maximum Gasteiger partial charge on any atom is 0.321 e. The summed E-state index contributed by atoms with van der Waals surface area (Å²) in [7, 11) is 0. The second-order valence-corrected chi connectivity index (χ2v) is 8.81. The minimum atomic E-state index is -0.229. The van der Waals surface area contributed by atoms with E-state index < -0.39 is 0 Å². The zero-order chi connectivity index (χ0) is 17.0. The lowest BCUT2D eigenvalue weighted by Crippen LogP contribution is -2.77. The Bertz CT molecular complexity index is 414. The van der Waals surface area contributed by atoms with Gasteiger partial charge in [0.15, 0.2) is 0 Å². The monoisotopic (exact) mass is 310 g/mol. The van der Waals surface area contributed by atoms with E-state index in [0.717, 1.165) is 26.2 Å². The molecule has 0 radical (unpaired) electrons. The number of nitrogens with one attached hydrogen (secondary N) is 2. The van der Waals surface area contributed by atoms with E-state index in [2.05, 4.69) is 75.8 Å². The highest BCUT2D eigenvalue weighted by molar-refractivity contribution is 5.77. The Hall–Kier alpha value is -0.810. The Morgan fingerprint density at radius 1 is 0.727 bits per heavy atom. The van der Waals surface area contributed by atoms with Crippen molar-refractivity contribution in [2.45, 2.75) is 77.5 Å². The molecule has 0 atom stereocenters. The first-order valence-electron chi connectivity index (χ1n) is 8.44. The molecule has 2 amide bonds. The zero-order valence-corrected chi connectivity index (χ0v) is 15.6. The van der Waals surface area contributed by atoms with Crippen LogP contribution in [0.3, 0.4) is 0 Å². The van der Waals surface area contributed by atoms with Gasteiger partial charge in [0, 0.05) is 37.3 Å². The quantitative estimate of drug-likeness (QED) is 0.720. The Kier molecular flexibility index (Phi) is 4.06. The molecule has 2 aliphatic rings. The van der Waals surface area contributed by atoms with Gasteiger partial charge in [-0.15, -0.1) is 0 Å². The first-order valence-corrected chi connectivity index (χ1v) is 8.44. The van der Waals surface area contributed by atoms with Crippen LogP contribution in [-0.4, -0.2) is 64.2 Å². The van der Waals surface area contributed by atoms with Gasteiger partial charge in [-0.1, -0.05) is 0 Å². The molecule has 0 aromatic carbocycles. The molecule has 2 fully saturated rings. The molecule has 0 unspecified atom stereocenters. The third kappa shape index (κ3) is 2.42. The van der Waals surface area contributed by atoms with Crippen LogP contribution in [0.1, 0.15) is 55.4 Å². The maximum atomic E-state index is 13.4. The van der Waals surface area contributed by atoms with E-state index >= 15 is 0 Å². The first-order chi connectivity index (χ1) is 9.84. The van der Waals surface area contributed by atoms with Gasteiger partial charge in [-0.3, -0.25) is 0 Å². The predicted octanol–water partition coefficient (Wildman–Crippen LogP) is 2.03. The topological polar surface area (TPSA) is 47.6 Å². The molecule has 2 heterocycles. The number of amides is 2. The molecule has 2 aliphatic heterocycles. The summed E-state index contributed by atoms with van der Waals surface area (Å²) in [6, 6.07) is 0.166. The zero-order valence-electron chi connectivity index (χ0n) is 15.6. The van der Waals surface area contributed by atoms with Crippen molar-refractivity contribution in [1.29, 1.82) is 0 Å². The Morgan fingerprint density at radius 3 is 1.36 bits per heavy atom. The number of hydrogen-bond acceptors (Lipinski definition) is 3. The summed E-state index contributed by atoms with van der Waals surface area (Å²) >= 11 is 0. The third-order valence-corrected chi connectivity index (χ3v) is 6.68. The number of nitrogens with zero attached hydrogens (tertiary/aromatic N) is 2. The fourth-order valence-electron chi connectivity index (χ4n) is 3.44. The molecule has 0 bridgehead atoms. The van der Waals surface area contributed by atoms with Crippen LogP contribution < -0.4 is 10.6 Å². The molecule has 2 rings (SSSR count). The van der Waals surface area contributed by atoms with Crippen LogP contribution in [0, 0.1) is 0 Å². The molecule has 2 saturated heterocycles. The summed E-state index contributed by atoms with van der Waals surface area (Å²) < 4.78 is 0. The molecule has 0 spiro atoms. The van der Waals surface area contributed by atoms with Crippen LogP contribution in [-0.2, 0) is 0 Å². The van der Waals surface area contributed by atoms with Crippen LogP contribution in [0.5, 0.6) is 0 Å². The summed E-state index contributed by atoms with van der Waals surface area (Å²) in [5, 5.41) is 7.10. The van der Waals surface area contributed by atoms with Gasteiger partial charge in [-0.25, -0.2) is 4.79 Å². The molecular weight excluding hydrogens is 276 g/mol. The Labute approximate surface area is 135 Å². The minimum Gasteiger partial charge on any atom is -0.316 e. The van der Waals surface area contributed by atoms with Crippen LogP contribution >= 0.6 is 0 Å². The van der Waals surface area contributed by atoms with Gasteiger partial charge in [-0.2, -0.15) is 0 Å². The second-order valence-electron chi connectivity index (χ2n) is 8.81. The van der Waals surface area contributed by atoms with E-state index in [9.17, 15) is 4.79 Å². The smallest absolute Gasteiger partial charge is 0.316 e. The summed E-state index contributed by atoms with van der Waals surface area (Å²) in [4.78, 5) is 17.5. The Balaban J connectivity index is 2.31. The van der Waals surface area contributed by atoms with Crippen molar-refractivity contribution in [2.75, 3.05) is 26.2 Å². The van der Waals surface area contributed by atoms with Gasteiger partial charge in [0.05, 0.1) is 11.1 Å². The number of carbonyl (C=O) groups excluding carboxylic acids is 1. The fourth-order valence-corrected chi connectivity index (χ4v) is 3.44. The molecule has 128 valence electrons. The minimum absolute atomic E-state index is 0.103. The standard InChI is InChI=1S/C17H34N4O/c1-14(2)16(5,6)20(11-9-18-14)13(22)21-12-10-19-15(3,4)17(21,7)8/h18-19H,9-12H2,1-8H3. The number of carbonyl (C=O) groups is 1. The number of piperazine rings is 2. The van der Waals surface area contributed by atoms with Gasteiger partial charge >= 0.3 is 6.03 Å². The molecule has 0 saturated carbocycles. The maximum absolute atomic E-state index is 13.4. The van der Waals surface area contributed by atoms with Crippen molar-refractivity contribution < 1.29 is 4.79 Å². The van der Waals surface area contributed by atoms with E-state index in [1.165, 1.54) is 0 Å². The molecule has 2 N–H and O–H groups in total. The lowest BCUT2D eigenvalue weighted by atomic mass is 9.77. The Morgan fingerprint density at radius 2 is 1.05 bits per heavy atom. The van der Waals surface area contributed by atoms with Crippen LogP contribution in [0.4, 0.5) is 4.79 Å². The van der Waals surface area contributed by atoms with Crippen molar-refractivity contribution in [1.82, 2.24) is 20.4 Å². The largest absolute Gasteiger partial charge is 0.321 e.